The second-order valence-corrected chi connectivity index (χ2v) is 7.77. The van der Waals surface area contributed by atoms with Crippen LogP contribution in [-0.2, 0) is 6.54 Å². The second kappa shape index (κ2) is 6.63. The molecule has 6 nitrogen and oxygen atoms in total. The SMILES string of the molecule is Cc1nnsc1C(=O)N1CCCC(c2nccn2CC2CCC2)C1. The summed E-state index contributed by atoms with van der Waals surface area (Å²) in [6.07, 6.45) is 10.2. The number of nitrogens with zero attached hydrogens (tertiary/aromatic N) is 5. The van der Waals surface area contributed by atoms with Crippen molar-refractivity contribution in [3.05, 3.63) is 28.8 Å². The van der Waals surface area contributed by atoms with E-state index in [-0.39, 0.29) is 5.91 Å². The molecule has 1 amide bonds. The summed E-state index contributed by atoms with van der Waals surface area (Å²) in [5, 5.41) is 3.97. The van der Waals surface area contributed by atoms with Crippen molar-refractivity contribution >= 4 is 17.4 Å². The van der Waals surface area contributed by atoms with Crippen LogP contribution >= 0.6 is 11.5 Å². The van der Waals surface area contributed by atoms with Crippen molar-refractivity contribution in [2.45, 2.75) is 51.5 Å². The van der Waals surface area contributed by atoms with Crippen molar-refractivity contribution < 1.29 is 4.79 Å². The summed E-state index contributed by atoms with van der Waals surface area (Å²) in [6, 6.07) is 0. The van der Waals surface area contributed by atoms with E-state index in [4.69, 9.17) is 0 Å². The largest absolute Gasteiger partial charge is 0.337 e. The van der Waals surface area contributed by atoms with Crippen LogP contribution in [0.4, 0.5) is 0 Å². The molecule has 0 radical (unpaired) electrons. The van der Waals surface area contributed by atoms with Gasteiger partial charge in [0.05, 0.1) is 5.69 Å². The molecular weight excluding hydrogens is 322 g/mol. The standard InChI is InChI=1S/C17H23N5OS/c1-12-15(24-20-19-12)17(23)22-8-3-6-14(11-22)16-18-7-9-21(16)10-13-4-2-5-13/h7,9,13-14H,2-6,8,10-11H2,1H3. The van der Waals surface area contributed by atoms with Gasteiger partial charge in [-0.2, -0.15) is 0 Å². The summed E-state index contributed by atoms with van der Waals surface area (Å²) >= 11 is 1.20. The Bertz CT molecular complexity index is 720. The number of imidazole rings is 1. The lowest BCUT2D eigenvalue weighted by atomic mass is 9.85. The average molecular weight is 345 g/mol. The number of aryl methyl sites for hydroxylation is 1. The summed E-state index contributed by atoms with van der Waals surface area (Å²) in [5.41, 5.74) is 0.735. The third kappa shape index (κ3) is 2.97. The fourth-order valence-electron chi connectivity index (χ4n) is 3.73. The molecule has 128 valence electrons. The number of rotatable bonds is 4. The number of carbonyl (C=O) groups excluding carboxylic acids is 1. The maximum Gasteiger partial charge on any atom is 0.267 e. The van der Waals surface area contributed by atoms with Crippen LogP contribution in [0.15, 0.2) is 12.4 Å². The molecule has 2 aromatic rings. The van der Waals surface area contributed by atoms with Crippen LogP contribution in [-0.4, -0.2) is 43.0 Å². The van der Waals surface area contributed by atoms with Gasteiger partial charge in [0.1, 0.15) is 10.7 Å². The van der Waals surface area contributed by atoms with Gasteiger partial charge in [0, 0.05) is 37.9 Å². The molecule has 2 aliphatic rings. The minimum Gasteiger partial charge on any atom is -0.337 e. The first-order valence-corrected chi connectivity index (χ1v) is 9.59. The third-order valence-electron chi connectivity index (χ3n) is 5.35. The van der Waals surface area contributed by atoms with Gasteiger partial charge >= 0.3 is 0 Å². The molecule has 0 N–H and O–H groups in total. The lowest BCUT2D eigenvalue weighted by Gasteiger charge is -2.33. The Morgan fingerprint density at radius 1 is 1.33 bits per heavy atom. The first-order valence-electron chi connectivity index (χ1n) is 8.81. The van der Waals surface area contributed by atoms with Gasteiger partial charge in [0.2, 0.25) is 0 Å². The second-order valence-electron chi connectivity index (χ2n) is 7.01. The van der Waals surface area contributed by atoms with Gasteiger partial charge < -0.3 is 9.47 Å². The van der Waals surface area contributed by atoms with E-state index in [0.29, 0.717) is 10.8 Å². The Kier molecular flexibility index (Phi) is 4.35. The van der Waals surface area contributed by atoms with Gasteiger partial charge in [0.15, 0.2) is 0 Å². The maximum atomic E-state index is 12.7. The molecular formula is C17H23N5OS. The van der Waals surface area contributed by atoms with Crippen LogP contribution < -0.4 is 0 Å². The highest BCUT2D eigenvalue weighted by molar-refractivity contribution is 7.07. The predicted octanol–water partition coefficient (Wildman–Crippen LogP) is 2.86. The number of amides is 1. The van der Waals surface area contributed by atoms with E-state index in [0.717, 1.165) is 49.9 Å². The molecule has 1 saturated heterocycles. The molecule has 0 bridgehead atoms. The number of likely N-dealkylation sites (tertiary alicyclic amines) is 1. The molecule has 1 aliphatic heterocycles. The molecule has 24 heavy (non-hydrogen) atoms. The summed E-state index contributed by atoms with van der Waals surface area (Å²) in [6.45, 7) is 4.50. The van der Waals surface area contributed by atoms with E-state index in [1.54, 1.807) is 0 Å². The molecule has 1 unspecified atom stereocenters. The Morgan fingerprint density at radius 3 is 2.92 bits per heavy atom. The third-order valence-corrected chi connectivity index (χ3v) is 6.16. The number of hydrogen-bond donors (Lipinski definition) is 0. The summed E-state index contributed by atoms with van der Waals surface area (Å²) < 4.78 is 6.22. The number of aromatic nitrogens is 4. The normalized spacial score (nSPS) is 21.7. The van der Waals surface area contributed by atoms with Crippen LogP contribution in [0.25, 0.3) is 0 Å². The average Bonchev–Trinajstić information content (AvgIpc) is 3.19. The minimum absolute atomic E-state index is 0.0734. The van der Waals surface area contributed by atoms with Crippen molar-refractivity contribution in [2.24, 2.45) is 5.92 Å². The van der Waals surface area contributed by atoms with Crippen molar-refractivity contribution in [3.63, 3.8) is 0 Å². The zero-order chi connectivity index (χ0) is 16.5. The van der Waals surface area contributed by atoms with Crippen LogP contribution in [0.3, 0.4) is 0 Å². The van der Waals surface area contributed by atoms with Gasteiger partial charge in [0.25, 0.3) is 5.91 Å². The highest BCUT2D eigenvalue weighted by Crippen LogP contribution is 2.31. The lowest BCUT2D eigenvalue weighted by molar-refractivity contribution is 0.0706. The van der Waals surface area contributed by atoms with E-state index < -0.39 is 0 Å². The van der Waals surface area contributed by atoms with E-state index in [9.17, 15) is 4.79 Å². The van der Waals surface area contributed by atoms with Crippen molar-refractivity contribution in [3.8, 4) is 0 Å². The van der Waals surface area contributed by atoms with Gasteiger partial charge in [-0.1, -0.05) is 10.9 Å². The molecule has 4 rings (SSSR count). The number of carbonyl (C=O) groups is 1. The smallest absolute Gasteiger partial charge is 0.267 e. The van der Waals surface area contributed by atoms with Gasteiger partial charge in [-0.25, -0.2) is 4.98 Å². The van der Waals surface area contributed by atoms with E-state index in [2.05, 4.69) is 25.3 Å². The first-order chi connectivity index (χ1) is 11.7. The Balaban J connectivity index is 1.48. The maximum absolute atomic E-state index is 12.7. The quantitative estimate of drug-likeness (QED) is 0.855. The molecule has 7 heteroatoms. The first kappa shape index (κ1) is 15.7. The highest BCUT2D eigenvalue weighted by atomic mass is 32.1. The minimum atomic E-state index is 0.0734. The van der Waals surface area contributed by atoms with Crippen LogP contribution in [0, 0.1) is 12.8 Å². The van der Waals surface area contributed by atoms with E-state index in [1.807, 2.05) is 18.0 Å². The monoisotopic (exact) mass is 345 g/mol. The molecule has 2 fully saturated rings. The van der Waals surface area contributed by atoms with Crippen molar-refractivity contribution in [1.29, 1.82) is 0 Å². The van der Waals surface area contributed by atoms with Gasteiger partial charge in [-0.15, -0.1) is 5.10 Å². The van der Waals surface area contributed by atoms with Crippen LogP contribution in [0.1, 0.15) is 59.2 Å². The Hall–Kier alpha value is -1.76. The number of piperidine rings is 1. The summed E-state index contributed by atoms with van der Waals surface area (Å²) in [5.74, 6) is 2.37. The summed E-state index contributed by atoms with van der Waals surface area (Å²) in [7, 11) is 0. The molecule has 1 saturated carbocycles. The topological polar surface area (TPSA) is 63.9 Å². The van der Waals surface area contributed by atoms with Gasteiger partial charge in [-0.3, -0.25) is 4.79 Å². The number of hydrogen-bond acceptors (Lipinski definition) is 5. The molecule has 2 aromatic heterocycles. The Morgan fingerprint density at radius 2 is 2.21 bits per heavy atom. The zero-order valence-corrected chi connectivity index (χ0v) is 14.8. The van der Waals surface area contributed by atoms with Crippen molar-refractivity contribution in [2.75, 3.05) is 13.1 Å². The molecule has 0 spiro atoms. The van der Waals surface area contributed by atoms with Crippen LogP contribution in [0.5, 0.6) is 0 Å². The molecule has 3 heterocycles. The molecule has 0 aromatic carbocycles. The van der Waals surface area contributed by atoms with Crippen LogP contribution in [0.2, 0.25) is 0 Å². The Labute approximate surface area is 146 Å². The van der Waals surface area contributed by atoms with E-state index >= 15 is 0 Å². The summed E-state index contributed by atoms with van der Waals surface area (Å²) in [4.78, 5) is 20.0. The van der Waals surface area contributed by atoms with Crippen molar-refractivity contribution in [1.82, 2.24) is 24.0 Å². The van der Waals surface area contributed by atoms with Gasteiger partial charge in [-0.05, 0) is 50.1 Å². The molecule has 1 aliphatic carbocycles. The highest BCUT2D eigenvalue weighted by Gasteiger charge is 2.30. The lowest BCUT2D eigenvalue weighted by Crippen LogP contribution is -2.39. The van der Waals surface area contributed by atoms with E-state index in [1.165, 1.54) is 30.8 Å². The fourth-order valence-corrected chi connectivity index (χ4v) is 4.36. The zero-order valence-electron chi connectivity index (χ0n) is 14.0. The predicted molar refractivity (Wildman–Crippen MR) is 92.1 cm³/mol. The fraction of sp³-hybridized carbons (Fsp3) is 0.647. The molecule has 1 atom stereocenters.